The molecule has 2 rings (SSSR count). The minimum atomic E-state index is -1.47. The van der Waals surface area contributed by atoms with Crippen LogP contribution in [0.2, 0.25) is 0 Å². The van der Waals surface area contributed by atoms with Crippen molar-refractivity contribution < 1.29 is 10.0 Å². The van der Waals surface area contributed by atoms with Crippen LogP contribution in [0.15, 0.2) is 23.6 Å². The molecule has 2 heterocycles. The maximum absolute atomic E-state index is 9.01. The summed E-state index contributed by atoms with van der Waals surface area (Å²) >= 11 is 1.57. The molecule has 2 N–H and O–H groups in total. The van der Waals surface area contributed by atoms with Gasteiger partial charge in [-0.2, -0.15) is 5.10 Å². The van der Waals surface area contributed by atoms with Crippen LogP contribution in [0, 0.1) is 0 Å². The number of thiophene rings is 1. The molecule has 0 saturated heterocycles. The lowest BCUT2D eigenvalue weighted by Gasteiger charge is -1.96. The summed E-state index contributed by atoms with van der Waals surface area (Å²) in [5.74, 6) is 0. The molecular formula is C8H9BN2O2S. The van der Waals surface area contributed by atoms with E-state index in [2.05, 4.69) is 5.10 Å². The maximum atomic E-state index is 9.01. The molecule has 6 heteroatoms. The third-order valence-electron chi connectivity index (χ3n) is 1.95. The third kappa shape index (κ3) is 1.59. The predicted octanol–water partition coefficient (Wildman–Crippen LogP) is -0.172. The highest BCUT2D eigenvalue weighted by molar-refractivity contribution is 7.13. The third-order valence-corrected chi connectivity index (χ3v) is 2.85. The molecule has 0 spiro atoms. The minimum Gasteiger partial charge on any atom is -0.422 e. The van der Waals surface area contributed by atoms with Gasteiger partial charge in [0, 0.05) is 7.05 Å². The van der Waals surface area contributed by atoms with Gasteiger partial charge in [0.25, 0.3) is 0 Å². The Morgan fingerprint density at radius 2 is 2.29 bits per heavy atom. The van der Waals surface area contributed by atoms with E-state index in [0.29, 0.717) is 5.59 Å². The van der Waals surface area contributed by atoms with Gasteiger partial charge in [-0.3, -0.25) is 4.68 Å². The molecule has 0 aliphatic heterocycles. The Labute approximate surface area is 85.6 Å². The highest BCUT2D eigenvalue weighted by Gasteiger charge is 2.18. The quantitative estimate of drug-likeness (QED) is 0.673. The van der Waals surface area contributed by atoms with Crippen molar-refractivity contribution in [2.75, 3.05) is 0 Å². The summed E-state index contributed by atoms with van der Waals surface area (Å²) in [7, 11) is 0.215. The van der Waals surface area contributed by atoms with Gasteiger partial charge in [-0.25, -0.2) is 0 Å². The van der Waals surface area contributed by atoms with Crippen LogP contribution in [0.3, 0.4) is 0 Å². The van der Waals surface area contributed by atoms with Gasteiger partial charge in [-0.1, -0.05) is 6.07 Å². The Hall–Kier alpha value is -1.11. The van der Waals surface area contributed by atoms with E-state index in [1.165, 1.54) is 4.68 Å². The summed E-state index contributed by atoms with van der Waals surface area (Å²) in [6, 6.07) is 5.56. The first kappa shape index (κ1) is 9.45. The molecule has 0 aromatic carbocycles. The van der Waals surface area contributed by atoms with Crippen LogP contribution in [0.1, 0.15) is 0 Å². The summed E-state index contributed by atoms with van der Waals surface area (Å²) in [6.07, 6.45) is 0. The predicted molar refractivity (Wildman–Crippen MR) is 56.3 cm³/mol. The first-order valence-corrected chi connectivity index (χ1v) is 5.00. The van der Waals surface area contributed by atoms with Crippen LogP contribution in [0.4, 0.5) is 0 Å². The summed E-state index contributed by atoms with van der Waals surface area (Å²) in [4.78, 5) is 1.02. The minimum absolute atomic E-state index is 0.397. The highest BCUT2D eigenvalue weighted by Crippen LogP contribution is 2.21. The summed E-state index contributed by atoms with van der Waals surface area (Å²) in [5.41, 5.74) is 1.17. The number of nitrogens with zero attached hydrogens (tertiary/aromatic N) is 2. The number of aromatic nitrogens is 2. The molecule has 0 unspecified atom stereocenters. The molecule has 72 valence electrons. The van der Waals surface area contributed by atoms with Crippen molar-refractivity contribution in [3.05, 3.63) is 23.6 Å². The molecule has 2 aromatic rings. The van der Waals surface area contributed by atoms with Crippen LogP contribution in [-0.4, -0.2) is 26.9 Å². The van der Waals surface area contributed by atoms with Crippen molar-refractivity contribution in [2.45, 2.75) is 0 Å². The number of aryl methyl sites for hydroxylation is 1. The highest BCUT2D eigenvalue weighted by atomic mass is 32.1. The molecule has 0 aliphatic carbocycles. The molecular weight excluding hydrogens is 199 g/mol. The van der Waals surface area contributed by atoms with Crippen LogP contribution in [-0.2, 0) is 7.05 Å². The van der Waals surface area contributed by atoms with Gasteiger partial charge in [0.05, 0.1) is 10.5 Å². The molecule has 4 nitrogen and oxygen atoms in total. The van der Waals surface area contributed by atoms with E-state index in [4.69, 9.17) is 10.0 Å². The van der Waals surface area contributed by atoms with Crippen molar-refractivity contribution in [3.8, 4) is 10.6 Å². The van der Waals surface area contributed by atoms with Crippen LogP contribution in [0.5, 0.6) is 0 Å². The molecule has 14 heavy (non-hydrogen) atoms. The first-order chi connectivity index (χ1) is 6.68. The fourth-order valence-corrected chi connectivity index (χ4v) is 1.95. The zero-order chi connectivity index (χ0) is 10.1. The van der Waals surface area contributed by atoms with Gasteiger partial charge in [0.1, 0.15) is 5.69 Å². The van der Waals surface area contributed by atoms with Gasteiger partial charge < -0.3 is 10.0 Å². The second kappa shape index (κ2) is 3.57. The molecule has 0 bridgehead atoms. The fraction of sp³-hybridized carbons (Fsp3) is 0.125. The van der Waals surface area contributed by atoms with Crippen LogP contribution in [0.25, 0.3) is 10.6 Å². The van der Waals surface area contributed by atoms with Crippen LogP contribution < -0.4 is 5.59 Å². The summed E-state index contributed by atoms with van der Waals surface area (Å²) in [5, 5.41) is 24.2. The van der Waals surface area contributed by atoms with E-state index in [-0.39, 0.29) is 0 Å². The second-order valence-corrected chi connectivity index (χ2v) is 3.88. The maximum Gasteiger partial charge on any atom is 0.507 e. The average Bonchev–Trinajstić information content (AvgIpc) is 2.70. The van der Waals surface area contributed by atoms with Gasteiger partial charge in [-0.05, 0) is 17.5 Å². The standard InChI is InChI=1S/C8H9BN2O2S/c1-11-8(9(12)13)5-6(10-11)7-3-2-4-14-7/h2-5,12-13H,1H3. The molecule has 0 radical (unpaired) electrons. The van der Waals surface area contributed by atoms with Gasteiger partial charge in [-0.15, -0.1) is 11.3 Å². The van der Waals surface area contributed by atoms with Crippen molar-refractivity contribution in [2.24, 2.45) is 7.05 Å². The lowest BCUT2D eigenvalue weighted by molar-refractivity contribution is 0.421. The lowest BCUT2D eigenvalue weighted by Crippen LogP contribution is -2.35. The van der Waals surface area contributed by atoms with Gasteiger partial charge in [0.2, 0.25) is 0 Å². The van der Waals surface area contributed by atoms with Crippen molar-refractivity contribution >= 4 is 24.0 Å². The Morgan fingerprint density at radius 3 is 2.79 bits per heavy atom. The number of hydrogen-bond acceptors (Lipinski definition) is 4. The van der Waals surface area contributed by atoms with Gasteiger partial charge in [0.15, 0.2) is 0 Å². The Balaban J connectivity index is 2.43. The molecule has 0 atom stereocenters. The monoisotopic (exact) mass is 208 g/mol. The van der Waals surface area contributed by atoms with E-state index in [1.807, 2.05) is 17.5 Å². The van der Waals surface area contributed by atoms with E-state index in [9.17, 15) is 0 Å². The Morgan fingerprint density at radius 1 is 1.50 bits per heavy atom. The molecule has 2 aromatic heterocycles. The van der Waals surface area contributed by atoms with Crippen molar-refractivity contribution in [1.29, 1.82) is 0 Å². The summed E-state index contributed by atoms with van der Waals surface area (Å²) in [6.45, 7) is 0. The van der Waals surface area contributed by atoms with Crippen molar-refractivity contribution in [3.63, 3.8) is 0 Å². The largest absolute Gasteiger partial charge is 0.507 e. The van der Waals surface area contributed by atoms with Gasteiger partial charge >= 0.3 is 7.12 Å². The number of hydrogen-bond donors (Lipinski definition) is 2. The summed E-state index contributed by atoms with van der Waals surface area (Å²) < 4.78 is 1.47. The second-order valence-electron chi connectivity index (χ2n) is 2.93. The molecule has 0 amide bonds. The van der Waals surface area contributed by atoms with E-state index < -0.39 is 7.12 Å². The average molecular weight is 208 g/mol. The SMILES string of the molecule is Cn1nc(-c2cccs2)cc1B(O)O. The lowest BCUT2D eigenvalue weighted by atomic mass is 9.86. The number of rotatable bonds is 2. The Bertz CT molecular complexity index is 424. The normalized spacial score (nSPS) is 10.5. The van der Waals surface area contributed by atoms with E-state index in [1.54, 1.807) is 24.5 Å². The van der Waals surface area contributed by atoms with Crippen molar-refractivity contribution in [1.82, 2.24) is 9.78 Å². The topological polar surface area (TPSA) is 58.3 Å². The molecule has 0 saturated carbocycles. The zero-order valence-corrected chi connectivity index (χ0v) is 8.40. The smallest absolute Gasteiger partial charge is 0.422 e. The first-order valence-electron chi connectivity index (χ1n) is 4.12. The van der Waals surface area contributed by atoms with Crippen LogP contribution >= 0.6 is 11.3 Å². The van der Waals surface area contributed by atoms with E-state index >= 15 is 0 Å². The Kier molecular flexibility index (Phi) is 2.41. The fourth-order valence-electron chi connectivity index (χ4n) is 1.27. The molecule has 0 fully saturated rings. The molecule has 0 aliphatic rings. The zero-order valence-electron chi connectivity index (χ0n) is 7.58. The van der Waals surface area contributed by atoms with E-state index in [0.717, 1.165) is 10.6 Å².